The fourth-order valence-electron chi connectivity index (χ4n) is 6.88. The third-order valence-corrected chi connectivity index (χ3v) is 8.19. The Bertz CT molecular complexity index is 566. The van der Waals surface area contributed by atoms with Gasteiger partial charge in [0, 0.05) is 24.2 Å². The van der Waals surface area contributed by atoms with Gasteiger partial charge in [-0.15, -0.1) is 0 Å². The first-order valence-electron chi connectivity index (χ1n) is 9.84. The van der Waals surface area contributed by atoms with Crippen molar-refractivity contribution < 1.29 is 19.7 Å². The summed E-state index contributed by atoms with van der Waals surface area (Å²) in [4.78, 5) is 0. The number of aliphatic hydroxyl groups is 2. The highest BCUT2D eigenvalue weighted by Gasteiger charge is 2.60. The van der Waals surface area contributed by atoms with Gasteiger partial charge in [0.15, 0.2) is 5.79 Å². The SMILES string of the molecule is CC12CC=C3C(CC[C@@]4(O)CC5(CCC34)OCCO5)C1CCC2O. The molecule has 4 fully saturated rings. The van der Waals surface area contributed by atoms with E-state index in [0.717, 1.165) is 44.9 Å². The molecule has 5 rings (SSSR count). The normalized spacial score (nSPS) is 52.5. The minimum absolute atomic E-state index is 0.0528. The molecule has 1 aliphatic heterocycles. The quantitative estimate of drug-likeness (QED) is 0.669. The number of hydrogen-bond acceptors (Lipinski definition) is 4. The third-order valence-electron chi connectivity index (χ3n) is 8.19. The Morgan fingerprint density at radius 3 is 2.67 bits per heavy atom. The van der Waals surface area contributed by atoms with Crippen molar-refractivity contribution in [3.05, 3.63) is 11.6 Å². The molecule has 0 aromatic rings. The van der Waals surface area contributed by atoms with E-state index in [4.69, 9.17) is 9.47 Å². The molecule has 1 spiro atoms. The van der Waals surface area contributed by atoms with Crippen LogP contribution in [0.4, 0.5) is 0 Å². The van der Waals surface area contributed by atoms with E-state index in [0.29, 0.717) is 31.5 Å². The summed E-state index contributed by atoms with van der Waals surface area (Å²) >= 11 is 0. The summed E-state index contributed by atoms with van der Waals surface area (Å²) in [6, 6.07) is 0. The molecule has 5 aliphatic rings. The highest BCUT2D eigenvalue weighted by atomic mass is 16.7. The van der Waals surface area contributed by atoms with E-state index in [1.54, 1.807) is 0 Å². The molecule has 6 atom stereocenters. The largest absolute Gasteiger partial charge is 0.393 e. The maximum absolute atomic E-state index is 11.5. The van der Waals surface area contributed by atoms with Crippen molar-refractivity contribution in [1.29, 1.82) is 0 Å². The van der Waals surface area contributed by atoms with Crippen LogP contribution in [0.15, 0.2) is 11.6 Å². The van der Waals surface area contributed by atoms with Crippen LogP contribution >= 0.6 is 0 Å². The molecule has 0 amide bonds. The van der Waals surface area contributed by atoms with Gasteiger partial charge in [-0.05, 0) is 50.4 Å². The van der Waals surface area contributed by atoms with Crippen LogP contribution in [0.5, 0.6) is 0 Å². The van der Waals surface area contributed by atoms with Crippen molar-refractivity contribution in [3.63, 3.8) is 0 Å². The van der Waals surface area contributed by atoms with E-state index in [9.17, 15) is 10.2 Å². The monoisotopic (exact) mass is 334 g/mol. The van der Waals surface area contributed by atoms with E-state index in [-0.39, 0.29) is 17.4 Å². The third kappa shape index (κ3) is 2.00. The lowest BCUT2D eigenvalue weighted by Crippen LogP contribution is -2.56. The van der Waals surface area contributed by atoms with Gasteiger partial charge >= 0.3 is 0 Å². The molecule has 0 bridgehead atoms. The summed E-state index contributed by atoms with van der Waals surface area (Å²) in [7, 11) is 0. The maximum Gasteiger partial charge on any atom is 0.171 e. The van der Waals surface area contributed by atoms with Gasteiger partial charge in [-0.25, -0.2) is 0 Å². The standard InChI is InChI=1S/C20H30O4/c1-18-7-4-14-13(15(18)2-3-17(18)21)5-8-19(22)12-20(9-6-16(14)19)23-10-11-24-20/h4,13,15-17,21-22H,2-3,5-12H2,1H3/t13?,15?,16?,17?,18?,19-/m1/s1. The van der Waals surface area contributed by atoms with Crippen LogP contribution in [-0.4, -0.2) is 40.9 Å². The predicted molar refractivity (Wildman–Crippen MR) is 89.2 cm³/mol. The molecular weight excluding hydrogens is 304 g/mol. The summed E-state index contributed by atoms with van der Waals surface area (Å²) in [5.41, 5.74) is 0.876. The van der Waals surface area contributed by atoms with Gasteiger partial charge in [0.25, 0.3) is 0 Å². The average Bonchev–Trinajstić information content (AvgIpc) is 3.11. The van der Waals surface area contributed by atoms with Crippen LogP contribution in [-0.2, 0) is 9.47 Å². The second kappa shape index (κ2) is 5.06. The Morgan fingerprint density at radius 1 is 1.08 bits per heavy atom. The summed E-state index contributed by atoms with van der Waals surface area (Å²) in [5.74, 6) is 0.889. The minimum atomic E-state index is -0.671. The van der Waals surface area contributed by atoms with Crippen LogP contribution in [0.2, 0.25) is 0 Å². The molecule has 5 unspecified atom stereocenters. The number of aliphatic hydroxyl groups excluding tert-OH is 1. The summed E-state index contributed by atoms with van der Waals surface area (Å²) in [6.07, 6.45) is 9.65. The van der Waals surface area contributed by atoms with Crippen molar-refractivity contribution in [2.45, 2.75) is 75.8 Å². The lowest BCUT2D eigenvalue weighted by molar-refractivity contribution is -0.235. The number of fused-ring (bicyclic) bond motifs is 5. The second-order valence-corrected chi connectivity index (χ2v) is 9.24. The summed E-state index contributed by atoms with van der Waals surface area (Å²) in [5, 5.41) is 21.9. The summed E-state index contributed by atoms with van der Waals surface area (Å²) in [6.45, 7) is 3.59. The van der Waals surface area contributed by atoms with Gasteiger partial charge in [-0.3, -0.25) is 0 Å². The van der Waals surface area contributed by atoms with E-state index >= 15 is 0 Å². The van der Waals surface area contributed by atoms with Gasteiger partial charge in [-0.1, -0.05) is 18.6 Å². The first-order valence-corrected chi connectivity index (χ1v) is 9.84. The lowest BCUT2D eigenvalue weighted by Gasteiger charge is -2.56. The van der Waals surface area contributed by atoms with Crippen molar-refractivity contribution >= 4 is 0 Å². The maximum atomic E-state index is 11.5. The predicted octanol–water partition coefficient (Wildman–Crippen LogP) is 2.78. The molecule has 1 saturated heterocycles. The van der Waals surface area contributed by atoms with E-state index in [2.05, 4.69) is 13.0 Å². The number of rotatable bonds is 0. The summed E-state index contributed by atoms with van der Waals surface area (Å²) < 4.78 is 11.8. The van der Waals surface area contributed by atoms with Gasteiger partial charge in [0.2, 0.25) is 0 Å². The Hall–Kier alpha value is -0.420. The van der Waals surface area contributed by atoms with Crippen LogP contribution in [0.1, 0.15) is 58.3 Å². The van der Waals surface area contributed by atoms with Gasteiger partial charge in [0.1, 0.15) is 0 Å². The Kier molecular flexibility index (Phi) is 3.33. The second-order valence-electron chi connectivity index (χ2n) is 9.24. The zero-order valence-electron chi connectivity index (χ0n) is 14.7. The Labute approximate surface area is 144 Å². The van der Waals surface area contributed by atoms with Crippen LogP contribution in [0.3, 0.4) is 0 Å². The molecule has 1 heterocycles. The van der Waals surface area contributed by atoms with E-state index in [1.807, 2.05) is 0 Å². The number of allylic oxidation sites excluding steroid dienone is 1. The first-order chi connectivity index (χ1) is 11.5. The molecular formula is C20H30O4. The zero-order chi connectivity index (χ0) is 16.6. The first kappa shape index (κ1) is 15.8. The zero-order valence-corrected chi connectivity index (χ0v) is 14.7. The molecule has 0 radical (unpaired) electrons. The minimum Gasteiger partial charge on any atom is -0.393 e. The topological polar surface area (TPSA) is 58.9 Å². The average molecular weight is 334 g/mol. The molecule has 4 nitrogen and oxygen atoms in total. The lowest BCUT2D eigenvalue weighted by atomic mass is 9.53. The molecule has 4 heteroatoms. The smallest absolute Gasteiger partial charge is 0.171 e. The molecule has 0 aromatic carbocycles. The van der Waals surface area contributed by atoms with Gasteiger partial charge < -0.3 is 19.7 Å². The van der Waals surface area contributed by atoms with Crippen LogP contribution in [0, 0.1) is 23.2 Å². The molecule has 3 saturated carbocycles. The Balaban J connectivity index is 1.45. The van der Waals surface area contributed by atoms with Crippen molar-refractivity contribution in [1.82, 2.24) is 0 Å². The van der Waals surface area contributed by atoms with E-state index < -0.39 is 11.4 Å². The van der Waals surface area contributed by atoms with Crippen molar-refractivity contribution in [3.8, 4) is 0 Å². The van der Waals surface area contributed by atoms with Crippen molar-refractivity contribution in [2.75, 3.05) is 13.2 Å². The number of hydrogen-bond donors (Lipinski definition) is 2. The molecule has 4 aliphatic carbocycles. The van der Waals surface area contributed by atoms with Crippen LogP contribution < -0.4 is 0 Å². The Morgan fingerprint density at radius 2 is 1.88 bits per heavy atom. The highest BCUT2D eigenvalue weighted by molar-refractivity contribution is 5.28. The van der Waals surface area contributed by atoms with Crippen molar-refractivity contribution in [2.24, 2.45) is 23.2 Å². The molecule has 134 valence electrons. The fourth-order valence-corrected chi connectivity index (χ4v) is 6.88. The molecule has 24 heavy (non-hydrogen) atoms. The highest BCUT2D eigenvalue weighted by Crippen LogP contribution is 2.62. The molecule has 2 N–H and O–H groups in total. The van der Waals surface area contributed by atoms with Crippen LogP contribution in [0.25, 0.3) is 0 Å². The molecule has 0 aromatic heterocycles. The van der Waals surface area contributed by atoms with Gasteiger partial charge in [0.05, 0.1) is 24.9 Å². The fraction of sp³-hybridized carbons (Fsp3) is 0.900. The number of ether oxygens (including phenoxy) is 2. The van der Waals surface area contributed by atoms with Gasteiger partial charge in [-0.2, -0.15) is 0 Å². The van der Waals surface area contributed by atoms with E-state index in [1.165, 1.54) is 5.57 Å².